The van der Waals surface area contributed by atoms with Gasteiger partial charge in [0.1, 0.15) is 18.4 Å². The second-order valence-electron chi connectivity index (χ2n) is 5.79. The van der Waals surface area contributed by atoms with E-state index in [1.165, 1.54) is 5.56 Å². The summed E-state index contributed by atoms with van der Waals surface area (Å²) in [5, 5.41) is 19.6. The number of aryl methyl sites for hydroxylation is 1. The highest BCUT2D eigenvalue weighted by molar-refractivity contribution is 6.31. The molecule has 0 aliphatic rings. The number of nitrogens with one attached hydrogen (secondary N) is 1. The number of carboxylic acids is 2. The zero-order chi connectivity index (χ0) is 19.1. The molecule has 0 saturated carbocycles. The quantitative estimate of drug-likeness (QED) is 0.651. The van der Waals surface area contributed by atoms with Gasteiger partial charge >= 0.3 is 17.8 Å². The summed E-state index contributed by atoms with van der Waals surface area (Å²) < 4.78 is 5.67. The number of hydrogen-bond acceptors (Lipinski definition) is 4. The fraction of sp³-hybridized carbons (Fsp3) is 0.211. The molecule has 2 aromatic carbocycles. The average molecular weight is 357 g/mol. The Hall–Kier alpha value is -3.35. The molecule has 0 aliphatic heterocycles. The van der Waals surface area contributed by atoms with E-state index in [2.05, 4.69) is 0 Å². The van der Waals surface area contributed by atoms with Gasteiger partial charge in [0, 0.05) is 6.42 Å². The van der Waals surface area contributed by atoms with Crippen LogP contribution < -0.4 is 10.1 Å². The summed E-state index contributed by atoms with van der Waals surface area (Å²) in [5.41, 5.74) is 2.83. The first-order chi connectivity index (χ1) is 12.3. The van der Waals surface area contributed by atoms with Crippen LogP contribution in [0, 0.1) is 6.92 Å². The van der Waals surface area contributed by atoms with E-state index in [1.54, 1.807) is 24.3 Å². The summed E-state index contributed by atoms with van der Waals surface area (Å²) in [5.74, 6) is -3.76. The Kier molecular flexibility index (Phi) is 6.32. The van der Waals surface area contributed by atoms with E-state index in [0.29, 0.717) is 17.9 Å². The molecule has 3 N–H and O–H groups in total. The highest BCUT2D eigenvalue weighted by Crippen LogP contribution is 2.16. The molecule has 1 unspecified atom stereocenters. The number of hydrogen-bond donors (Lipinski definition) is 3. The molecule has 0 heterocycles. The molecule has 26 heavy (non-hydrogen) atoms. The predicted molar refractivity (Wildman–Crippen MR) is 92.9 cm³/mol. The highest BCUT2D eigenvalue weighted by Gasteiger charge is 2.23. The smallest absolute Gasteiger partial charge is 0.394 e. The van der Waals surface area contributed by atoms with Crippen LogP contribution in [-0.2, 0) is 27.4 Å². The molecule has 136 valence electrons. The molecule has 2 rings (SSSR count). The largest absolute Gasteiger partial charge is 0.489 e. The standard InChI is InChI=1S/C19H19NO6/c1-12-2-4-14(5-3-12)11-26-15-8-6-13(7-9-15)10-16(18(22)23)20-17(21)19(24)25/h2-9,16H,10-11H2,1H3,(H,20,21)(H,22,23)(H,24,25). The van der Waals surface area contributed by atoms with Crippen molar-refractivity contribution in [2.24, 2.45) is 0 Å². The van der Waals surface area contributed by atoms with Gasteiger partial charge in [0.2, 0.25) is 0 Å². The Balaban J connectivity index is 1.94. The van der Waals surface area contributed by atoms with Gasteiger partial charge in [0.05, 0.1) is 0 Å². The van der Waals surface area contributed by atoms with Crippen LogP contribution in [0.2, 0.25) is 0 Å². The summed E-state index contributed by atoms with van der Waals surface area (Å²) in [6, 6.07) is 13.4. The number of carboxylic acid groups (broad SMARTS) is 2. The summed E-state index contributed by atoms with van der Waals surface area (Å²) >= 11 is 0. The molecular weight excluding hydrogens is 338 g/mol. The average Bonchev–Trinajstić information content (AvgIpc) is 2.61. The van der Waals surface area contributed by atoms with Crippen molar-refractivity contribution in [1.82, 2.24) is 5.32 Å². The van der Waals surface area contributed by atoms with Gasteiger partial charge in [-0.3, -0.25) is 4.79 Å². The third-order valence-electron chi connectivity index (χ3n) is 3.69. The number of benzene rings is 2. The Morgan fingerprint density at radius 1 is 0.962 bits per heavy atom. The third kappa shape index (κ3) is 5.62. The topological polar surface area (TPSA) is 113 Å². The molecule has 1 amide bonds. The third-order valence-corrected chi connectivity index (χ3v) is 3.69. The molecule has 1 atom stereocenters. The summed E-state index contributed by atoms with van der Waals surface area (Å²) in [6.07, 6.45) is -0.0351. The van der Waals surface area contributed by atoms with Gasteiger partial charge in [-0.2, -0.15) is 0 Å². The minimum Gasteiger partial charge on any atom is -0.489 e. The van der Waals surface area contributed by atoms with Gasteiger partial charge in [-0.05, 0) is 30.2 Å². The molecule has 2 aromatic rings. The number of carbonyl (C=O) groups is 3. The molecule has 0 saturated heterocycles. The van der Waals surface area contributed by atoms with Crippen molar-refractivity contribution in [2.75, 3.05) is 0 Å². The first-order valence-corrected chi connectivity index (χ1v) is 7.89. The normalized spacial score (nSPS) is 11.4. The van der Waals surface area contributed by atoms with Crippen LogP contribution in [0.3, 0.4) is 0 Å². The summed E-state index contributed by atoms with van der Waals surface area (Å²) in [6.45, 7) is 2.42. The first kappa shape index (κ1) is 19.0. The maximum Gasteiger partial charge on any atom is 0.394 e. The highest BCUT2D eigenvalue weighted by atomic mass is 16.5. The molecule has 0 radical (unpaired) electrons. The minimum atomic E-state index is -1.73. The lowest BCUT2D eigenvalue weighted by Gasteiger charge is -2.13. The molecule has 0 aliphatic carbocycles. The molecule has 0 aromatic heterocycles. The van der Waals surface area contributed by atoms with Crippen LogP contribution in [0.25, 0.3) is 0 Å². The van der Waals surface area contributed by atoms with E-state index in [0.717, 1.165) is 5.56 Å². The fourth-order valence-corrected chi connectivity index (χ4v) is 2.23. The number of rotatable bonds is 7. The Bertz CT molecular complexity index is 783. The molecule has 0 fully saturated rings. The van der Waals surface area contributed by atoms with Gasteiger partial charge in [0.25, 0.3) is 0 Å². The molecular formula is C19H19NO6. The van der Waals surface area contributed by atoms with Crippen LogP contribution >= 0.6 is 0 Å². The maximum atomic E-state index is 11.2. The van der Waals surface area contributed by atoms with Crippen LogP contribution in [0.1, 0.15) is 16.7 Å². The van der Waals surface area contributed by atoms with Crippen molar-refractivity contribution in [3.05, 3.63) is 65.2 Å². The lowest BCUT2D eigenvalue weighted by molar-refractivity contribution is -0.152. The number of amides is 1. The maximum absolute atomic E-state index is 11.2. The zero-order valence-corrected chi connectivity index (χ0v) is 14.1. The summed E-state index contributed by atoms with van der Waals surface area (Å²) in [7, 11) is 0. The predicted octanol–water partition coefficient (Wildman–Crippen LogP) is 1.77. The van der Waals surface area contributed by atoms with Crippen molar-refractivity contribution in [3.8, 4) is 5.75 Å². The van der Waals surface area contributed by atoms with Crippen molar-refractivity contribution in [1.29, 1.82) is 0 Å². The number of aliphatic carboxylic acids is 2. The SMILES string of the molecule is Cc1ccc(COc2ccc(CC(NC(=O)C(=O)O)C(=O)O)cc2)cc1. The van der Waals surface area contributed by atoms with Crippen LogP contribution in [-0.4, -0.2) is 34.1 Å². The minimum absolute atomic E-state index is 0.0351. The Morgan fingerprint density at radius 3 is 2.08 bits per heavy atom. The van der Waals surface area contributed by atoms with E-state index < -0.39 is 23.9 Å². The zero-order valence-electron chi connectivity index (χ0n) is 14.1. The van der Waals surface area contributed by atoms with E-state index >= 15 is 0 Å². The van der Waals surface area contributed by atoms with Crippen molar-refractivity contribution < 1.29 is 29.3 Å². The van der Waals surface area contributed by atoms with Crippen molar-refractivity contribution in [3.63, 3.8) is 0 Å². The van der Waals surface area contributed by atoms with Crippen LogP contribution in [0.15, 0.2) is 48.5 Å². The van der Waals surface area contributed by atoms with E-state index in [4.69, 9.17) is 14.9 Å². The Labute approximate surface area is 150 Å². The van der Waals surface area contributed by atoms with Crippen molar-refractivity contribution >= 4 is 17.8 Å². The second-order valence-corrected chi connectivity index (χ2v) is 5.79. The lowest BCUT2D eigenvalue weighted by Crippen LogP contribution is -2.45. The van der Waals surface area contributed by atoms with E-state index in [9.17, 15) is 14.4 Å². The molecule has 7 nitrogen and oxygen atoms in total. The number of ether oxygens (including phenoxy) is 1. The van der Waals surface area contributed by atoms with Crippen LogP contribution in [0.5, 0.6) is 5.75 Å². The molecule has 7 heteroatoms. The van der Waals surface area contributed by atoms with Gasteiger partial charge in [0.15, 0.2) is 0 Å². The monoisotopic (exact) mass is 357 g/mol. The van der Waals surface area contributed by atoms with Gasteiger partial charge in [-0.1, -0.05) is 42.0 Å². The fourth-order valence-electron chi connectivity index (χ4n) is 2.23. The van der Waals surface area contributed by atoms with Crippen molar-refractivity contribution in [2.45, 2.75) is 26.0 Å². The Morgan fingerprint density at radius 2 is 1.54 bits per heavy atom. The molecule has 0 bridgehead atoms. The van der Waals surface area contributed by atoms with E-state index in [-0.39, 0.29) is 6.42 Å². The lowest BCUT2D eigenvalue weighted by atomic mass is 10.1. The van der Waals surface area contributed by atoms with Gasteiger partial charge < -0.3 is 20.3 Å². The van der Waals surface area contributed by atoms with Gasteiger partial charge in [-0.25, -0.2) is 9.59 Å². The molecule has 0 spiro atoms. The van der Waals surface area contributed by atoms with Crippen LogP contribution in [0.4, 0.5) is 0 Å². The first-order valence-electron chi connectivity index (χ1n) is 7.89. The van der Waals surface area contributed by atoms with Gasteiger partial charge in [-0.15, -0.1) is 0 Å². The summed E-state index contributed by atoms with van der Waals surface area (Å²) in [4.78, 5) is 32.9. The second kappa shape index (κ2) is 8.66. The van der Waals surface area contributed by atoms with E-state index in [1.807, 2.05) is 36.5 Å². The number of carbonyl (C=O) groups excluding carboxylic acids is 1.